The van der Waals surface area contributed by atoms with E-state index in [2.05, 4.69) is 20.5 Å². The number of hydrogen-bond donors (Lipinski definition) is 2. The van der Waals surface area contributed by atoms with Crippen LogP contribution < -0.4 is 10.6 Å². The molecule has 28 heavy (non-hydrogen) atoms. The van der Waals surface area contributed by atoms with Crippen molar-refractivity contribution in [3.05, 3.63) is 66.0 Å². The Morgan fingerprint density at radius 1 is 1.11 bits per heavy atom. The first-order valence-electron chi connectivity index (χ1n) is 9.84. The van der Waals surface area contributed by atoms with E-state index in [-0.39, 0.29) is 30.3 Å². The van der Waals surface area contributed by atoms with Crippen LogP contribution in [0.15, 0.2) is 54.7 Å². The summed E-state index contributed by atoms with van der Waals surface area (Å²) >= 11 is 0. The fourth-order valence-electron chi connectivity index (χ4n) is 3.61. The van der Waals surface area contributed by atoms with Gasteiger partial charge in [0.05, 0.1) is 18.2 Å². The van der Waals surface area contributed by atoms with E-state index in [1.165, 1.54) is 6.92 Å². The monoisotopic (exact) mass is 380 g/mol. The quantitative estimate of drug-likeness (QED) is 0.774. The lowest BCUT2D eigenvalue weighted by atomic mass is 10.0. The third-order valence-corrected chi connectivity index (χ3v) is 5.03. The van der Waals surface area contributed by atoms with Crippen molar-refractivity contribution in [2.75, 3.05) is 13.1 Å². The Kier molecular flexibility index (Phi) is 7.14. The Morgan fingerprint density at radius 3 is 2.46 bits per heavy atom. The number of hydrogen-bond acceptors (Lipinski definition) is 4. The molecule has 2 heterocycles. The van der Waals surface area contributed by atoms with Crippen molar-refractivity contribution in [2.45, 2.75) is 44.8 Å². The maximum Gasteiger partial charge on any atom is 0.222 e. The minimum Gasteiger partial charge on any atom is -0.353 e. The first kappa shape index (κ1) is 20.0. The summed E-state index contributed by atoms with van der Waals surface area (Å²) in [5.74, 6) is -0.157. The highest BCUT2D eigenvalue weighted by atomic mass is 16.2. The number of pyridine rings is 1. The molecule has 6 heteroatoms. The topological polar surface area (TPSA) is 74.3 Å². The molecule has 1 aromatic heterocycles. The predicted molar refractivity (Wildman–Crippen MR) is 108 cm³/mol. The second-order valence-corrected chi connectivity index (χ2v) is 7.31. The first-order valence-corrected chi connectivity index (χ1v) is 9.84. The van der Waals surface area contributed by atoms with Gasteiger partial charge in [0.25, 0.3) is 0 Å². The van der Waals surface area contributed by atoms with Gasteiger partial charge in [0.2, 0.25) is 11.8 Å². The average Bonchev–Trinajstić information content (AvgIpc) is 2.70. The zero-order chi connectivity index (χ0) is 19.8. The molecule has 6 nitrogen and oxygen atoms in total. The highest BCUT2D eigenvalue weighted by Gasteiger charge is 2.23. The number of likely N-dealkylation sites (tertiary alicyclic amines) is 1. The number of benzene rings is 1. The standard InChI is InChI=1S/C22H28N4O2/c1-17(27)24-21(18-7-3-2-4-8-18)15-22(28)25-19-10-13-26(14-11-19)16-20-9-5-6-12-23-20/h2-9,12,19,21H,10-11,13-16H2,1H3,(H,24,27)(H,25,28). The molecule has 1 unspecified atom stereocenters. The zero-order valence-electron chi connectivity index (χ0n) is 16.3. The number of amides is 2. The second-order valence-electron chi connectivity index (χ2n) is 7.31. The van der Waals surface area contributed by atoms with Crippen LogP contribution in [0.2, 0.25) is 0 Å². The molecule has 1 atom stereocenters. The summed E-state index contributed by atoms with van der Waals surface area (Å²) in [7, 11) is 0. The van der Waals surface area contributed by atoms with E-state index in [9.17, 15) is 9.59 Å². The van der Waals surface area contributed by atoms with Crippen molar-refractivity contribution < 1.29 is 9.59 Å². The van der Waals surface area contributed by atoms with Crippen LogP contribution in [0.5, 0.6) is 0 Å². The summed E-state index contributed by atoms with van der Waals surface area (Å²) in [6.45, 7) is 4.20. The molecule has 0 spiro atoms. The van der Waals surface area contributed by atoms with Crippen LogP contribution in [0.4, 0.5) is 0 Å². The molecule has 148 valence electrons. The fourth-order valence-corrected chi connectivity index (χ4v) is 3.61. The van der Waals surface area contributed by atoms with Gasteiger partial charge >= 0.3 is 0 Å². The normalized spacial score (nSPS) is 16.3. The molecular formula is C22H28N4O2. The number of carbonyl (C=O) groups excluding carboxylic acids is 2. The van der Waals surface area contributed by atoms with Crippen LogP contribution in [-0.4, -0.2) is 40.8 Å². The average molecular weight is 380 g/mol. The van der Waals surface area contributed by atoms with E-state index in [1.807, 2.05) is 54.7 Å². The summed E-state index contributed by atoms with van der Waals surface area (Å²) in [5, 5.41) is 6.03. The van der Waals surface area contributed by atoms with Gasteiger partial charge < -0.3 is 10.6 Å². The van der Waals surface area contributed by atoms with Crippen molar-refractivity contribution in [2.24, 2.45) is 0 Å². The van der Waals surface area contributed by atoms with E-state index in [4.69, 9.17) is 0 Å². The van der Waals surface area contributed by atoms with Gasteiger partial charge in [-0.2, -0.15) is 0 Å². The maximum atomic E-state index is 12.6. The third kappa shape index (κ3) is 6.16. The maximum absolute atomic E-state index is 12.6. The Bertz CT molecular complexity index is 759. The molecule has 1 aliphatic rings. The molecule has 1 aromatic carbocycles. The highest BCUT2D eigenvalue weighted by molar-refractivity contribution is 5.79. The van der Waals surface area contributed by atoms with Crippen LogP contribution in [0.3, 0.4) is 0 Å². The summed E-state index contributed by atoms with van der Waals surface area (Å²) in [4.78, 5) is 30.8. The van der Waals surface area contributed by atoms with Gasteiger partial charge in [-0.25, -0.2) is 0 Å². The van der Waals surface area contributed by atoms with Gasteiger partial charge in [-0.05, 0) is 30.5 Å². The molecule has 2 N–H and O–H groups in total. The van der Waals surface area contributed by atoms with Gasteiger partial charge in [0, 0.05) is 38.8 Å². The number of nitrogens with zero attached hydrogens (tertiary/aromatic N) is 2. The van der Waals surface area contributed by atoms with Crippen LogP contribution in [0.25, 0.3) is 0 Å². The minimum atomic E-state index is -0.303. The van der Waals surface area contributed by atoms with Crippen LogP contribution in [0, 0.1) is 0 Å². The highest BCUT2D eigenvalue weighted by Crippen LogP contribution is 2.18. The molecule has 1 saturated heterocycles. The molecule has 0 bridgehead atoms. The Balaban J connectivity index is 1.47. The van der Waals surface area contributed by atoms with E-state index in [0.29, 0.717) is 0 Å². The van der Waals surface area contributed by atoms with Gasteiger partial charge in [-0.3, -0.25) is 19.5 Å². The SMILES string of the molecule is CC(=O)NC(CC(=O)NC1CCN(Cc2ccccn2)CC1)c1ccccc1. The van der Waals surface area contributed by atoms with Crippen molar-refractivity contribution >= 4 is 11.8 Å². The molecule has 2 amide bonds. The lowest BCUT2D eigenvalue weighted by Gasteiger charge is -2.32. The van der Waals surface area contributed by atoms with Gasteiger partial charge in [-0.1, -0.05) is 36.4 Å². The largest absolute Gasteiger partial charge is 0.353 e. The van der Waals surface area contributed by atoms with Gasteiger partial charge in [0.15, 0.2) is 0 Å². The predicted octanol–water partition coefficient (Wildman–Crippen LogP) is 2.43. The van der Waals surface area contributed by atoms with Crippen molar-refractivity contribution in [3.8, 4) is 0 Å². The number of nitrogens with one attached hydrogen (secondary N) is 2. The summed E-state index contributed by atoms with van der Waals surface area (Å²) in [6.07, 6.45) is 3.92. The van der Waals surface area contributed by atoms with E-state index >= 15 is 0 Å². The molecule has 0 saturated carbocycles. The summed E-state index contributed by atoms with van der Waals surface area (Å²) in [5.41, 5.74) is 2.02. The van der Waals surface area contributed by atoms with Crippen LogP contribution in [-0.2, 0) is 16.1 Å². The van der Waals surface area contributed by atoms with Gasteiger partial charge in [0.1, 0.15) is 0 Å². The molecule has 0 radical (unpaired) electrons. The van der Waals surface area contributed by atoms with Crippen molar-refractivity contribution in [3.63, 3.8) is 0 Å². The summed E-state index contributed by atoms with van der Waals surface area (Å²) in [6, 6.07) is 15.5. The van der Waals surface area contributed by atoms with E-state index in [1.54, 1.807) is 0 Å². The molecule has 2 aromatic rings. The molecular weight excluding hydrogens is 352 g/mol. The number of piperidine rings is 1. The summed E-state index contributed by atoms with van der Waals surface area (Å²) < 4.78 is 0. The van der Waals surface area contributed by atoms with Crippen molar-refractivity contribution in [1.29, 1.82) is 0 Å². The third-order valence-electron chi connectivity index (χ3n) is 5.03. The minimum absolute atomic E-state index is 0.0224. The Labute approximate surface area is 166 Å². The van der Waals surface area contributed by atoms with Crippen LogP contribution >= 0.6 is 0 Å². The van der Waals surface area contributed by atoms with E-state index < -0.39 is 0 Å². The van der Waals surface area contributed by atoms with Crippen LogP contribution in [0.1, 0.15) is 43.5 Å². The first-order chi connectivity index (χ1) is 13.6. The fraction of sp³-hybridized carbons (Fsp3) is 0.409. The van der Waals surface area contributed by atoms with Gasteiger partial charge in [-0.15, -0.1) is 0 Å². The molecule has 0 aliphatic carbocycles. The zero-order valence-corrected chi connectivity index (χ0v) is 16.3. The number of aromatic nitrogens is 1. The second kappa shape index (κ2) is 9.99. The smallest absolute Gasteiger partial charge is 0.222 e. The molecule has 1 fully saturated rings. The number of rotatable bonds is 7. The Morgan fingerprint density at radius 2 is 1.82 bits per heavy atom. The Hall–Kier alpha value is -2.73. The molecule has 3 rings (SSSR count). The lowest BCUT2D eigenvalue weighted by molar-refractivity contribution is -0.123. The number of carbonyl (C=O) groups is 2. The molecule has 1 aliphatic heterocycles. The van der Waals surface area contributed by atoms with Crippen molar-refractivity contribution in [1.82, 2.24) is 20.5 Å². The lowest BCUT2D eigenvalue weighted by Crippen LogP contribution is -2.45. The van der Waals surface area contributed by atoms with E-state index in [0.717, 1.165) is 43.7 Å².